The van der Waals surface area contributed by atoms with E-state index < -0.39 is 5.50 Å². The van der Waals surface area contributed by atoms with E-state index in [1.165, 1.54) is 0 Å². The van der Waals surface area contributed by atoms with Crippen molar-refractivity contribution in [1.29, 1.82) is 0 Å². The third kappa shape index (κ3) is 2.90. The molecule has 0 aliphatic carbocycles. The second-order valence-corrected chi connectivity index (χ2v) is 2.42. The van der Waals surface area contributed by atoms with Gasteiger partial charge in [0, 0.05) is 5.50 Å². The molecule has 53 valence electrons. The van der Waals surface area contributed by atoms with Gasteiger partial charge < -0.3 is 5.11 Å². The van der Waals surface area contributed by atoms with Crippen LogP contribution in [-0.2, 0) is 0 Å². The fourth-order valence-corrected chi connectivity index (χ4v) is 0.919. The first-order valence-electron chi connectivity index (χ1n) is 3.75. The highest BCUT2D eigenvalue weighted by atomic mass is 16.3. The molecular weight excluding hydrogens is 111 g/mol. The van der Waals surface area contributed by atoms with E-state index in [9.17, 15) is 5.11 Å². The maximum atomic E-state index is 9.57. The van der Waals surface area contributed by atoms with Crippen molar-refractivity contribution in [2.24, 2.45) is 0 Å². The van der Waals surface area contributed by atoms with Gasteiger partial charge >= 0.3 is 0 Å². The number of hydrogen-bond acceptors (Lipinski definition) is 1. The van der Waals surface area contributed by atoms with Crippen LogP contribution >= 0.6 is 0 Å². The van der Waals surface area contributed by atoms with Gasteiger partial charge in [0.25, 0.3) is 0 Å². The van der Waals surface area contributed by atoms with E-state index in [2.05, 4.69) is 6.92 Å². The second kappa shape index (κ2) is 3.94. The zero-order chi connectivity index (χ0) is 7.33. The van der Waals surface area contributed by atoms with Gasteiger partial charge in [0.15, 0.2) is 7.28 Å². The zero-order valence-electron chi connectivity index (χ0n) is 6.65. The van der Waals surface area contributed by atoms with Crippen LogP contribution in [0.4, 0.5) is 0 Å². The van der Waals surface area contributed by atoms with E-state index >= 15 is 0 Å². The van der Waals surface area contributed by atoms with Crippen LogP contribution in [0, 0.1) is 0 Å². The van der Waals surface area contributed by atoms with E-state index in [-0.39, 0.29) is 0 Å². The van der Waals surface area contributed by atoms with Crippen molar-refractivity contribution < 1.29 is 5.11 Å². The van der Waals surface area contributed by atoms with Gasteiger partial charge in [-0.2, -0.15) is 0 Å². The first-order valence-corrected chi connectivity index (χ1v) is 3.75. The van der Waals surface area contributed by atoms with E-state index in [0.717, 1.165) is 19.2 Å². The molecule has 0 aromatic carbocycles. The Morgan fingerprint density at radius 1 is 1.22 bits per heavy atom. The Bertz CT molecular complexity index is 69.3. The van der Waals surface area contributed by atoms with Crippen molar-refractivity contribution in [3.63, 3.8) is 0 Å². The predicted molar refractivity (Wildman–Crippen MR) is 41.8 cm³/mol. The summed E-state index contributed by atoms with van der Waals surface area (Å²) in [7, 11) is 1.98. The van der Waals surface area contributed by atoms with Gasteiger partial charge in [0.1, 0.15) is 0 Å². The molecule has 0 atom stereocenters. The number of rotatable bonds is 4. The van der Waals surface area contributed by atoms with Gasteiger partial charge in [-0.3, -0.25) is 0 Å². The Kier molecular flexibility index (Phi) is 3.95. The summed E-state index contributed by atoms with van der Waals surface area (Å²) in [6.07, 6.45) is 2.62. The van der Waals surface area contributed by atoms with Crippen LogP contribution in [0.15, 0.2) is 0 Å². The molecule has 0 fully saturated rings. The third-order valence-electron chi connectivity index (χ3n) is 1.81. The van der Waals surface area contributed by atoms with E-state index in [1.807, 2.05) is 21.1 Å². The average Bonchev–Trinajstić information content (AvgIpc) is 1.89. The molecule has 0 saturated heterocycles. The Morgan fingerprint density at radius 2 is 1.67 bits per heavy atom. The third-order valence-corrected chi connectivity index (χ3v) is 1.81. The van der Waals surface area contributed by atoms with Crippen LogP contribution in [0.5, 0.6) is 0 Å². The van der Waals surface area contributed by atoms with E-state index in [4.69, 9.17) is 0 Å². The molecule has 0 unspecified atom stereocenters. The van der Waals surface area contributed by atoms with Gasteiger partial charge in [0.2, 0.25) is 0 Å². The average molecular weight is 127 g/mol. The molecule has 1 N–H and O–H groups in total. The summed E-state index contributed by atoms with van der Waals surface area (Å²) in [5.41, 5.74) is -0.491. The summed E-state index contributed by atoms with van der Waals surface area (Å²) in [6, 6.07) is 0. The summed E-state index contributed by atoms with van der Waals surface area (Å²) < 4.78 is 0. The van der Waals surface area contributed by atoms with E-state index in [1.54, 1.807) is 0 Å². The fraction of sp³-hybridized carbons (Fsp3) is 1.00. The Balaban J connectivity index is 3.62. The number of aliphatic hydroxyl groups is 1. The monoisotopic (exact) mass is 127 g/mol. The minimum Gasteiger partial charge on any atom is -0.399 e. The van der Waals surface area contributed by atoms with Crippen LogP contribution in [0.1, 0.15) is 33.6 Å². The summed E-state index contributed by atoms with van der Waals surface area (Å²) in [6.45, 7) is 6.07. The Hall–Kier alpha value is 0.0249. The van der Waals surface area contributed by atoms with Crippen LogP contribution in [0.25, 0.3) is 0 Å². The molecule has 0 aromatic rings. The van der Waals surface area contributed by atoms with Crippen molar-refractivity contribution in [2.45, 2.75) is 45.4 Å². The summed E-state index contributed by atoms with van der Waals surface area (Å²) in [4.78, 5) is 0. The van der Waals surface area contributed by atoms with E-state index in [0.29, 0.717) is 0 Å². The molecule has 0 amide bonds. The quantitative estimate of drug-likeness (QED) is 0.569. The molecule has 1 radical (unpaired) electrons. The first-order chi connectivity index (χ1) is 4.18. The lowest BCUT2D eigenvalue weighted by Crippen LogP contribution is -2.33. The zero-order valence-corrected chi connectivity index (χ0v) is 6.65. The van der Waals surface area contributed by atoms with Crippen molar-refractivity contribution in [3.8, 4) is 0 Å². The molecule has 0 heterocycles. The first kappa shape index (κ1) is 9.02. The molecular formula is C7H16BO. The highest BCUT2D eigenvalue weighted by molar-refractivity contribution is 6.39. The lowest BCUT2D eigenvalue weighted by Gasteiger charge is -2.23. The maximum Gasteiger partial charge on any atom is 0.153 e. The van der Waals surface area contributed by atoms with Crippen molar-refractivity contribution in [2.75, 3.05) is 0 Å². The summed E-state index contributed by atoms with van der Waals surface area (Å²) >= 11 is 0. The van der Waals surface area contributed by atoms with Gasteiger partial charge in [-0.1, -0.05) is 27.1 Å². The molecule has 2 heteroatoms. The van der Waals surface area contributed by atoms with Crippen molar-refractivity contribution in [3.05, 3.63) is 0 Å². The van der Waals surface area contributed by atoms with Gasteiger partial charge in [-0.05, 0) is 12.8 Å². The number of hydrogen-bond donors (Lipinski definition) is 1. The van der Waals surface area contributed by atoms with Gasteiger partial charge in [-0.25, -0.2) is 0 Å². The van der Waals surface area contributed by atoms with Crippen LogP contribution in [0.2, 0.25) is 6.32 Å². The SMILES string of the molecule is CC[B]C(O)(CC)CC. The maximum absolute atomic E-state index is 9.57. The molecule has 0 saturated carbocycles. The molecule has 0 aromatic heterocycles. The molecule has 0 spiro atoms. The van der Waals surface area contributed by atoms with Crippen LogP contribution < -0.4 is 0 Å². The van der Waals surface area contributed by atoms with Gasteiger partial charge in [-0.15, -0.1) is 0 Å². The minimum absolute atomic E-state index is 0.491. The Labute approximate surface area is 58.7 Å². The van der Waals surface area contributed by atoms with Crippen molar-refractivity contribution >= 4 is 7.28 Å². The lowest BCUT2D eigenvalue weighted by atomic mass is 9.56. The lowest BCUT2D eigenvalue weighted by molar-refractivity contribution is 0.115. The fourth-order valence-electron chi connectivity index (χ4n) is 0.919. The minimum atomic E-state index is -0.491. The molecule has 9 heavy (non-hydrogen) atoms. The molecule has 0 aliphatic heterocycles. The van der Waals surface area contributed by atoms with Crippen LogP contribution in [-0.4, -0.2) is 17.9 Å². The topological polar surface area (TPSA) is 20.2 Å². The predicted octanol–water partition coefficient (Wildman–Crippen LogP) is 1.64. The summed E-state index contributed by atoms with van der Waals surface area (Å²) in [5.74, 6) is 0. The molecule has 0 bridgehead atoms. The molecule has 1 nitrogen and oxygen atoms in total. The highest BCUT2D eigenvalue weighted by Gasteiger charge is 2.20. The summed E-state index contributed by atoms with van der Waals surface area (Å²) in [5, 5.41) is 9.57. The van der Waals surface area contributed by atoms with Crippen LogP contribution in [0.3, 0.4) is 0 Å². The molecule has 0 rings (SSSR count). The smallest absolute Gasteiger partial charge is 0.153 e. The van der Waals surface area contributed by atoms with Gasteiger partial charge in [0.05, 0.1) is 0 Å². The largest absolute Gasteiger partial charge is 0.399 e. The Morgan fingerprint density at radius 3 is 1.78 bits per heavy atom. The second-order valence-electron chi connectivity index (χ2n) is 2.42. The molecule has 0 aliphatic rings. The highest BCUT2D eigenvalue weighted by Crippen LogP contribution is 2.13. The normalized spacial score (nSPS) is 11.6. The standard InChI is InChI=1S/C7H16BO/c1-4-7(9,5-2)8-6-3/h9H,4-6H2,1-3H3. The van der Waals surface area contributed by atoms with Crippen molar-refractivity contribution in [1.82, 2.24) is 0 Å².